The number of hydrogen-bond donors (Lipinski definition) is 0. The van der Waals surface area contributed by atoms with Gasteiger partial charge in [-0.1, -0.05) is 47.7 Å². The van der Waals surface area contributed by atoms with Crippen LogP contribution in [0.4, 0.5) is 0 Å². The second kappa shape index (κ2) is 6.12. The van der Waals surface area contributed by atoms with Gasteiger partial charge < -0.3 is 0 Å². The van der Waals surface area contributed by atoms with Crippen LogP contribution in [0, 0.1) is 11.3 Å². The minimum atomic E-state index is -1.44. The minimum absolute atomic E-state index is 0.537. The maximum Gasteiger partial charge on any atom is 0.137 e. The van der Waals surface area contributed by atoms with Crippen molar-refractivity contribution in [3.05, 3.63) is 47.0 Å². The molecule has 1 aromatic heterocycles. The standard InChI is InChI=1S/C15H19BrN4Si/c1-21(2,3)10-15(8-17,9-20-12-18-11-19-20)13-4-6-14(16)7-5-13/h4-7,11-12H,9-10H2,1-3H3. The Kier molecular flexibility index (Phi) is 4.64. The Morgan fingerprint density at radius 2 is 1.95 bits per heavy atom. The van der Waals surface area contributed by atoms with Gasteiger partial charge in [0, 0.05) is 12.5 Å². The van der Waals surface area contributed by atoms with E-state index in [-0.39, 0.29) is 0 Å². The molecule has 0 aliphatic rings. The highest BCUT2D eigenvalue weighted by Gasteiger charge is 2.38. The summed E-state index contributed by atoms with van der Waals surface area (Å²) in [5.41, 5.74) is 0.491. The van der Waals surface area contributed by atoms with Gasteiger partial charge in [-0.2, -0.15) is 10.4 Å². The highest BCUT2D eigenvalue weighted by molar-refractivity contribution is 9.10. The zero-order valence-corrected chi connectivity index (χ0v) is 15.1. The molecule has 0 saturated heterocycles. The van der Waals surface area contributed by atoms with Crippen LogP contribution in [0.25, 0.3) is 0 Å². The smallest absolute Gasteiger partial charge is 0.137 e. The van der Waals surface area contributed by atoms with Crippen molar-refractivity contribution in [2.75, 3.05) is 0 Å². The van der Waals surface area contributed by atoms with Gasteiger partial charge >= 0.3 is 0 Å². The third kappa shape index (κ3) is 4.02. The predicted octanol–water partition coefficient (Wildman–Crippen LogP) is 3.84. The number of halogens is 1. The summed E-state index contributed by atoms with van der Waals surface area (Å²) in [6.45, 7) is 7.41. The second-order valence-electron chi connectivity index (χ2n) is 6.53. The van der Waals surface area contributed by atoms with E-state index in [1.807, 2.05) is 24.3 Å². The molecular formula is C15H19BrN4Si. The molecule has 2 rings (SSSR count). The number of nitrogens with zero attached hydrogens (tertiary/aromatic N) is 4. The summed E-state index contributed by atoms with van der Waals surface area (Å²) in [5, 5.41) is 14.1. The summed E-state index contributed by atoms with van der Waals surface area (Å²) in [4.78, 5) is 3.99. The van der Waals surface area contributed by atoms with E-state index in [0.29, 0.717) is 6.54 Å². The molecule has 0 saturated carbocycles. The van der Waals surface area contributed by atoms with Gasteiger partial charge in [0.2, 0.25) is 0 Å². The SMILES string of the molecule is C[Si](C)(C)CC(C#N)(Cn1cncn1)c1ccc(Br)cc1. The number of benzene rings is 1. The van der Waals surface area contributed by atoms with E-state index < -0.39 is 13.5 Å². The Balaban J connectivity index is 2.46. The summed E-state index contributed by atoms with van der Waals surface area (Å²) < 4.78 is 2.78. The third-order valence-corrected chi connectivity index (χ3v) is 5.53. The molecule has 6 heteroatoms. The van der Waals surface area contributed by atoms with Gasteiger partial charge in [-0.25, -0.2) is 4.98 Å². The lowest BCUT2D eigenvalue weighted by atomic mass is 9.83. The fourth-order valence-electron chi connectivity index (χ4n) is 2.65. The average molecular weight is 363 g/mol. The van der Waals surface area contributed by atoms with Gasteiger partial charge in [0.15, 0.2) is 0 Å². The van der Waals surface area contributed by atoms with E-state index in [0.717, 1.165) is 16.1 Å². The topological polar surface area (TPSA) is 54.5 Å². The van der Waals surface area contributed by atoms with E-state index >= 15 is 0 Å². The maximum atomic E-state index is 9.96. The summed E-state index contributed by atoms with van der Waals surface area (Å²) in [6.07, 6.45) is 3.19. The summed E-state index contributed by atoms with van der Waals surface area (Å²) in [7, 11) is -1.44. The Morgan fingerprint density at radius 3 is 2.43 bits per heavy atom. The summed E-state index contributed by atoms with van der Waals surface area (Å²) >= 11 is 3.45. The third-order valence-electron chi connectivity index (χ3n) is 3.34. The van der Waals surface area contributed by atoms with Crippen LogP contribution in [0.5, 0.6) is 0 Å². The molecule has 110 valence electrons. The number of aromatic nitrogens is 3. The lowest BCUT2D eigenvalue weighted by molar-refractivity contribution is 0.455. The van der Waals surface area contributed by atoms with Crippen molar-refractivity contribution in [1.82, 2.24) is 14.8 Å². The molecule has 0 fully saturated rings. The van der Waals surface area contributed by atoms with Crippen molar-refractivity contribution in [3.8, 4) is 6.07 Å². The first-order valence-corrected chi connectivity index (χ1v) is 11.3. The molecule has 21 heavy (non-hydrogen) atoms. The first-order chi connectivity index (χ1) is 9.85. The molecular weight excluding hydrogens is 344 g/mol. The fraction of sp³-hybridized carbons (Fsp3) is 0.400. The quantitative estimate of drug-likeness (QED) is 0.759. The van der Waals surface area contributed by atoms with Gasteiger partial charge in [0.05, 0.1) is 18.0 Å². The highest BCUT2D eigenvalue weighted by Crippen LogP contribution is 2.35. The van der Waals surface area contributed by atoms with Crippen LogP contribution in [0.1, 0.15) is 5.56 Å². The van der Waals surface area contributed by atoms with Crippen LogP contribution >= 0.6 is 15.9 Å². The molecule has 1 aromatic carbocycles. The monoisotopic (exact) mass is 362 g/mol. The lowest BCUT2D eigenvalue weighted by Gasteiger charge is -2.32. The summed E-state index contributed by atoms with van der Waals surface area (Å²) in [5.74, 6) is 0. The van der Waals surface area contributed by atoms with Crippen LogP contribution in [-0.2, 0) is 12.0 Å². The van der Waals surface area contributed by atoms with Gasteiger partial charge in [-0.15, -0.1) is 0 Å². The molecule has 4 nitrogen and oxygen atoms in total. The Hall–Kier alpha value is -1.45. The second-order valence-corrected chi connectivity index (χ2v) is 12.9. The van der Waals surface area contributed by atoms with Crippen molar-refractivity contribution in [3.63, 3.8) is 0 Å². The Morgan fingerprint density at radius 1 is 1.29 bits per heavy atom. The van der Waals surface area contributed by atoms with Crippen molar-refractivity contribution < 1.29 is 0 Å². The molecule has 0 aliphatic heterocycles. The summed E-state index contributed by atoms with van der Waals surface area (Å²) in [6, 6.07) is 11.5. The van der Waals surface area contributed by atoms with Gasteiger partial charge in [0.25, 0.3) is 0 Å². The van der Waals surface area contributed by atoms with Crippen molar-refractivity contribution in [1.29, 1.82) is 5.26 Å². The van der Waals surface area contributed by atoms with E-state index in [1.54, 1.807) is 11.0 Å². The molecule has 1 heterocycles. The molecule has 1 unspecified atom stereocenters. The largest absolute Gasteiger partial charge is 0.251 e. The van der Waals surface area contributed by atoms with E-state index in [1.165, 1.54) is 6.33 Å². The van der Waals surface area contributed by atoms with E-state index in [2.05, 4.69) is 51.7 Å². The predicted molar refractivity (Wildman–Crippen MR) is 89.6 cm³/mol. The number of nitriles is 1. The maximum absolute atomic E-state index is 9.96. The molecule has 0 bridgehead atoms. The Bertz CT molecular complexity index is 625. The van der Waals surface area contributed by atoms with Crippen LogP contribution in [0.3, 0.4) is 0 Å². The van der Waals surface area contributed by atoms with Crippen molar-refractivity contribution in [2.24, 2.45) is 0 Å². The van der Waals surface area contributed by atoms with Crippen LogP contribution < -0.4 is 0 Å². The molecule has 0 radical (unpaired) electrons. The first-order valence-electron chi connectivity index (χ1n) is 6.84. The molecule has 0 N–H and O–H groups in total. The zero-order valence-electron chi connectivity index (χ0n) is 12.5. The van der Waals surface area contributed by atoms with Crippen molar-refractivity contribution in [2.45, 2.75) is 37.6 Å². The van der Waals surface area contributed by atoms with Crippen molar-refractivity contribution >= 4 is 24.0 Å². The molecule has 0 amide bonds. The van der Waals surface area contributed by atoms with Crippen LogP contribution in [-0.4, -0.2) is 22.8 Å². The fourth-order valence-corrected chi connectivity index (χ4v) is 5.12. The van der Waals surface area contributed by atoms with Gasteiger partial charge in [-0.3, -0.25) is 4.68 Å². The molecule has 2 aromatic rings. The van der Waals surface area contributed by atoms with Gasteiger partial charge in [0.1, 0.15) is 12.7 Å². The highest BCUT2D eigenvalue weighted by atomic mass is 79.9. The van der Waals surface area contributed by atoms with Crippen LogP contribution in [0.15, 0.2) is 41.4 Å². The average Bonchev–Trinajstić information content (AvgIpc) is 2.90. The molecule has 0 spiro atoms. The Labute approximate surface area is 135 Å². The molecule has 0 aliphatic carbocycles. The first kappa shape index (κ1) is 15.9. The number of rotatable bonds is 5. The lowest BCUT2D eigenvalue weighted by Crippen LogP contribution is -2.38. The normalized spacial score (nSPS) is 14.4. The van der Waals surface area contributed by atoms with E-state index in [9.17, 15) is 5.26 Å². The van der Waals surface area contributed by atoms with E-state index in [4.69, 9.17) is 0 Å². The van der Waals surface area contributed by atoms with Crippen LogP contribution in [0.2, 0.25) is 25.7 Å². The minimum Gasteiger partial charge on any atom is -0.251 e. The molecule has 1 atom stereocenters. The zero-order chi connectivity index (χ0) is 15.5. The van der Waals surface area contributed by atoms with Gasteiger partial charge in [-0.05, 0) is 23.7 Å². The number of hydrogen-bond acceptors (Lipinski definition) is 3.